The fraction of sp³-hybridized carbons (Fsp3) is 0.273. The number of guanidine groups is 1. The first-order chi connectivity index (χ1) is 8.17. The second kappa shape index (κ2) is 4.32. The van der Waals surface area contributed by atoms with Gasteiger partial charge in [0, 0.05) is 5.56 Å². The molecule has 0 radical (unpaired) electrons. The van der Waals surface area contributed by atoms with E-state index < -0.39 is 6.04 Å². The van der Waals surface area contributed by atoms with Crippen molar-refractivity contribution in [1.82, 2.24) is 5.32 Å². The average Bonchev–Trinajstić information content (AvgIpc) is 2.67. The third kappa shape index (κ3) is 1.89. The Bertz CT molecular complexity index is 485. The van der Waals surface area contributed by atoms with Crippen LogP contribution in [0.5, 0.6) is 11.5 Å². The molecule has 0 bridgehead atoms. The van der Waals surface area contributed by atoms with E-state index in [4.69, 9.17) is 15.2 Å². The molecule has 1 amide bonds. The van der Waals surface area contributed by atoms with Crippen LogP contribution in [-0.2, 0) is 4.79 Å². The molecule has 1 heterocycles. The van der Waals surface area contributed by atoms with Crippen LogP contribution in [-0.4, -0.2) is 26.1 Å². The van der Waals surface area contributed by atoms with Gasteiger partial charge in [-0.3, -0.25) is 10.1 Å². The van der Waals surface area contributed by atoms with Crippen molar-refractivity contribution < 1.29 is 14.3 Å². The number of rotatable bonds is 3. The number of hydrogen-bond donors (Lipinski definition) is 2. The summed E-state index contributed by atoms with van der Waals surface area (Å²) in [7, 11) is 3.05. The monoisotopic (exact) mass is 235 g/mol. The molecule has 1 aliphatic heterocycles. The number of nitrogens with zero attached hydrogens (tertiary/aromatic N) is 1. The Kier molecular flexibility index (Phi) is 2.86. The summed E-state index contributed by atoms with van der Waals surface area (Å²) in [6, 6.07) is 4.60. The average molecular weight is 235 g/mol. The summed E-state index contributed by atoms with van der Waals surface area (Å²) in [5.74, 6) is 0.894. The molecule has 1 aliphatic rings. The van der Waals surface area contributed by atoms with Crippen molar-refractivity contribution in [2.75, 3.05) is 14.2 Å². The zero-order valence-electron chi connectivity index (χ0n) is 9.56. The Balaban J connectivity index is 2.48. The molecule has 3 N–H and O–H groups in total. The Morgan fingerprint density at radius 1 is 1.35 bits per heavy atom. The predicted molar refractivity (Wildman–Crippen MR) is 62.1 cm³/mol. The molecule has 0 saturated heterocycles. The number of methoxy groups -OCH3 is 2. The van der Waals surface area contributed by atoms with Crippen molar-refractivity contribution in [3.63, 3.8) is 0 Å². The van der Waals surface area contributed by atoms with E-state index in [9.17, 15) is 4.79 Å². The lowest BCUT2D eigenvalue weighted by Gasteiger charge is -2.14. The van der Waals surface area contributed by atoms with Gasteiger partial charge < -0.3 is 15.2 Å². The van der Waals surface area contributed by atoms with Crippen LogP contribution in [0, 0.1) is 0 Å². The summed E-state index contributed by atoms with van der Waals surface area (Å²) in [6.07, 6.45) is 0. The Morgan fingerprint density at radius 3 is 2.65 bits per heavy atom. The highest BCUT2D eigenvalue weighted by Gasteiger charge is 2.30. The van der Waals surface area contributed by atoms with E-state index >= 15 is 0 Å². The van der Waals surface area contributed by atoms with Gasteiger partial charge in [0.25, 0.3) is 5.91 Å². The molecule has 1 aromatic rings. The molecule has 6 nitrogen and oxygen atoms in total. The molecule has 1 unspecified atom stereocenters. The molecule has 17 heavy (non-hydrogen) atoms. The van der Waals surface area contributed by atoms with Gasteiger partial charge in [0.1, 0.15) is 0 Å². The van der Waals surface area contributed by atoms with E-state index in [1.807, 2.05) is 0 Å². The Hall–Kier alpha value is -2.24. The van der Waals surface area contributed by atoms with E-state index in [-0.39, 0.29) is 11.9 Å². The standard InChI is InChI=1S/C11H13N3O3/c1-16-7-5-3-4-6(9(7)17-2)8-10(15)14-11(12)13-8/h3-5,8H,1-2H3,(H3,12,13,14,15). The van der Waals surface area contributed by atoms with Crippen molar-refractivity contribution in [3.05, 3.63) is 23.8 Å². The third-order valence-corrected chi connectivity index (χ3v) is 2.50. The minimum Gasteiger partial charge on any atom is -0.493 e. The summed E-state index contributed by atoms with van der Waals surface area (Å²) in [5, 5.41) is 2.45. The molecule has 0 saturated carbocycles. The zero-order valence-corrected chi connectivity index (χ0v) is 9.56. The molecule has 6 heteroatoms. The maximum absolute atomic E-state index is 11.7. The van der Waals surface area contributed by atoms with Crippen molar-refractivity contribution in [2.24, 2.45) is 10.7 Å². The van der Waals surface area contributed by atoms with E-state index in [0.717, 1.165) is 0 Å². The number of nitrogens with one attached hydrogen (secondary N) is 1. The van der Waals surface area contributed by atoms with Crippen LogP contribution in [0.3, 0.4) is 0 Å². The maximum Gasteiger partial charge on any atom is 0.256 e. The van der Waals surface area contributed by atoms with Gasteiger partial charge in [-0.2, -0.15) is 0 Å². The van der Waals surface area contributed by atoms with E-state index in [0.29, 0.717) is 17.1 Å². The lowest BCUT2D eigenvalue weighted by atomic mass is 10.1. The number of amides is 1. The number of carbonyl (C=O) groups excluding carboxylic acids is 1. The smallest absolute Gasteiger partial charge is 0.256 e. The minimum absolute atomic E-state index is 0.116. The van der Waals surface area contributed by atoms with Gasteiger partial charge >= 0.3 is 0 Å². The van der Waals surface area contributed by atoms with Crippen LogP contribution in [0.25, 0.3) is 0 Å². The van der Waals surface area contributed by atoms with Gasteiger partial charge in [-0.25, -0.2) is 4.99 Å². The van der Waals surface area contributed by atoms with E-state index in [1.165, 1.54) is 14.2 Å². The molecular weight excluding hydrogens is 222 g/mol. The van der Waals surface area contributed by atoms with Gasteiger partial charge in [0.05, 0.1) is 14.2 Å². The topological polar surface area (TPSA) is 85.9 Å². The first-order valence-corrected chi connectivity index (χ1v) is 5.02. The quantitative estimate of drug-likeness (QED) is 0.783. The minimum atomic E-state index is -0.681. The molecule has 0 aliphatic carbocycles. The zero-order chi connectivity index (χ0) is 12.4. The second-order valence-electron chi connectivity index (χ2n) is 3.49. The first-order valence-electron chi connectivity index (χ1n) is 5.02. The highest BCUT2D eigenvalue weighted by atomic mass is 16.5. The normalized spacial score (nSPS) is 18.6. The summed E-state index contributed by atoms with van der Waals surface area (Å²) in [6.45, 7) is 0. The van der Waals surface area contributed by atoms with Crippen molar-refractivity contribution in [1.29, 1.82) is 0 Å². The van der Waals surface area contributed by atoms with Crippen molar-refractivity contribution >= 4 is 11.9 Å². The number of para-hydroxylation sites is 1. The second-order valence-corrected chi connectivity index (χ2v) is 3.49. The molecule has 2 rings (SSSR count). The first kappa shape index (κ1) is 11.3. The van der Waals surface area contributed by atoms with Gasteiger partial charge in [-0.15, -0.1) is 0 Å². The summed E-state index contributed by atoms with van der Waals surface area (Å²) in [5.41, 5.74) is 6.09. The molecule has 90 valence electrons. The summed E-state index contributed by atoms with van der Waals surface area (Å²) >= 11 is 0. The largest absolute Gasteiger partial charge is 0.493 e. The van der Waals surface area contributed by atoms with Gasteiger partial charge in [-0.1, -0.05) is 12.1 Å². The fourth-order valence-corrected chi connectivity index (χ4v) is 1.76. The third-order valence-electron chi connectivity index (χ3n) is 2.50. The van der Waals surface area contributed by atoms with Crippen LogP contribution in [0.2, 0.25) is 0 Å². The molecule has 0 fully saturated rings. The van der Waals surface area contributed by atoms with Crippen LogP contribution in [0.4, 0.5) is 0 Å². The van der Waals surface area contributed by atoms with Gasteiger partial charge in [-0.05, 0) is 6.07 Å². The molecule has 1 aromatic carbocycles. The molecule has 1 atom stereocenters. The lowest BCUT2D eigenvalue weighted by Crippen LogP contribution is -2.31. The van der Waals surface area contributed by atoms with Crippen LogP contribution < -0.4 is 20.5 Å². The number of benzene rings is 1. The van der Waals surface area contributed by atoms with Crippen LogP contribution in [0.1, 0.15) is 11.6 Å². The Labute approximate surface area is 98.4 Å². The number of ether oxygens (including phenoxy) is 2. The highest BCUT2D eigenvalue weighted by Crippen LogP contribution is 2.36. The predicted octanol–water partition coefficient (Wildman–Crippen LogP) is 0.189. The fourth-order valence-electron chi connectivity index (χ4n) is 1.76. The summed E-state index contributed by atoms with van der Waals surface area (Å²) < 4.78 is 10.4. The number of hydrogen-bond acceptors (Lipinski definition) is 5. The van der Waals surface area contributed by atoms with Gasteiger partial charge in [0.2, 0.25) is 0 Å². The Morgan fingerprint density at radius 2 is 2.12 bits per heavy atom. The highest BCUT2D eigenvalue weighted by molar-refractivity contribution is 6.04. The van der Waals surface area contributed by atoms with Gasteiger partial charge in [0.15, 0.2) is 23.5 Å². The number of nitrogens with two attached hydrogens (primary N) is 1. The number of aliphatic imine (C=N–C) groups is 1. The van der Waals surface area contributed by atoms with Crippen LogP contribution in [0.15, 0.2) is 23.2 Å². The van der Waals surface area contributed by atoms with E-state index in [1.54, 1.807) is 18.2 Å². The molecule has 0 aromatic heterocycles. The number of carbonyl (C=O) groups is 1. The van der Waals surface area contributed by atoms with E-state index in [2.05, 4.69) is 10.3 Å². The molecule has 0 spiro atoms. The van der Waals surface area contributed by atoms with Crippen molar-refractivity contribution in [2.45, 2.75) is 6.04 Å². The summed E-state index contributed by atoms with van der Waals surface area (Å²) in [4.78, 5) is 15.7. The van der Waals surface area contributed by atoms with Crippen molar-refractivity contribution in [3.8, 4) is 11.5 Å². The van der Waals surface area contributed by atoms with Crippen LogP contribution >= 0.6 is 0 Å². The maximum atomic E-state index is 11.7. The lowest BCUT2D eigenvalue weighted by molar-refractivity contribution is -0.120. The SMILES string of the molecule is COc1cccc(C2N=C(N)NC2=O)c1OC. The molecular formula is C11H13N3O3.